The topological polar surface area (TPSA) is 108 Å². The van der Waals surface area contributed by atoms with E-state index in [1.165, 1.54) is 31.0 Å². The van der Waals surface area contributed by atoms with E-state index < -0.39 is 23.4 Å². The molecule has 2 aromatic carbocycles. The van der Waals surface area contributed by atoms with E-state index in [4.69, 9.17) is 9.47 Å². The second-order valence-electron chi connectivity index (χ2n) is 5.90. The number of benzene rings is 2. The maximum atomic E-state index is 12.3. The van der Waals surface area contributed by atoms with Crippen LogP contribution in [0.1, 0.15) is 21.5 Å². The second-order valence-corrected chi connectivity index (χ2v) is 6.78. The number of nitrogens with zero attached hydrogens (tertiary/aromatic N) is 1. The number of thioether (sulfide) groups is 1. The molecule has 0 aliphatic rings. The van der Waals surface area contributed by atoms with Crippen molar-refractivity contribution >= 4 is 35.0 Å². The molecule has 0 unspecified atom stereocenters. The Morgan fingerprint density at radius 3 is 2.46 bits per heavy atom. The zero-order valence-electron chi connectivity index (χ0n) is 15.9. The molecular weight excluding hydrogens is 384 g/mol. The van der Waals surface area contributed by atoms with Crippen LogP contribution >= 0.6 is 11.8 Å². The highest BCUT2D eigenvalue weighted by molar-refractivity contribution is 7.98. The first-order chi connectivity index (χ1) is 13.3. The van der Waals surface area contributed by atoms with Crippen LogP contribution in [0.4, 0.5) is 11.4 Å². The highest BCUT2D eigenvalue weighted by Crippen LogP contribution is 2.28. The molecule has 1 N–H and O–H groups in total. The second kappa shape index (κ2) is 9.23. The first kappa shape index (κ1) is 21.2. The Balaban J connectivity index is 2.08. The molecule has 148 valence electrons. The molecule has 28 heavy (non-hydrogen) atoms. The van der Waals surface area contributed by atoms with Gasteiger partial charge < -0.3 is 14.8 Å². The Morgan fingerprint density at radius 2 is 1.86 bits per heavy atom. The fraction of sp³-hybridized carbons (Fsp3) is 0.263. The van der Waals surface area contributed by atoms with Crippen LogP contribution in [0.15, 0.2) is 35.2 Å². The lowest BCUT2D eigenvalue weighted by Gasteiger charge is -2.11. The number of nitrogens with one attached hydrogen (secondary N) is 1. The summed E-state index contributed by atoms with van der Waals surface area (Å²) in [4.78, 5) is 35.9. The summed E-state index contributed by atoms with van der Waals surface area (Å²) in [5.74, 6) is -1.07. The molecule has 9 heteroatoms. The van der Waals surface area contributed by atoms with E-state index >= 15 is 0 Å². The maximum absolute atomic E-state index is 12.3. The zero-order chi connectivity index (χ0) is 20.8. The summed E-state index contributed by atoms with van der Waals surface area (Å²) >= 11 is 1.49. The number of carbonyl (C=O) groups excluding carboxylic acids is 2. The predicted molar refractivity (Wildman–Crippen MR) is 106 cm³/mol. The lowest BCUT2D eigenvalue weighted by atomic mass is 10.1. The van der Waals surface area contributed by atoms with Gasteiger partial charge in [-0.15, -0.1) is 11.8 Å². The molecule has 0 saturated heterocycles. The van der Waals surface area contributed by atoms with Gasteiger partial charge >= 0.3 is 5.97 Å². The molecular formula is C19H20N2O6S. The normalized spacial score (nSPS) is 10.3. The minimum Gasteiger partial charge on any atom is -0.496 e. The lowest BCUT2D eigenvalue weighted by molar-refractivity contribution is -0.384. The summed E-state index contributed by atoms with van der Waals surface area (Å²) in [6.45, 7) is 2.93. The van der Waals surface area contributed by atoms with Crippen LogP contribution in [0, 0.1) is 24.0 Å². The van der Waals surface area contributed by atoms with E-state index in [9.17, 15) is 19.7 Å². The van der Waals surface area contributed by atoms with Crippen LogP contribution in [0.2, 0.25) is 0 Å². The number of hydrogen-bond donors (Lipinski definition) is 1. The summed E-state index contributed by atoms with van der Waals surface area (Å²) in [6, 6.07) is 7.88. The average Bonchev–Trinajstić information content (AvgIpc) is 2.67. The van der Waals surface area contributed by atoms with Crippen molar-refractivity contribution in [2.45, 2.75) is 18.7 Å². The Bertz CT molecular complexity index is 929. The largest absolute Gasteiger partial charge is 0.496 e. The Morgan fingerprint density at radius 1 is 1.18 bits per heavy atom. The molecule has 2 aromatic rings. The number of methoxy groups -OCH3 is 1. The number of ether oxygens (including phenoxy) is 2. The molecule has 0 aliphatic heterocycles. The van der Waals surface area contributed by atoms with Crippen LogP contribution in [0.25, 0.3) is 0 Å². The monoisotopic (exact) mass is 404 g/mol. The fourth-order valence-corrected chi connectivity index (χ4v) is 2.84. The van der Waals surface area contributed by atoms with E-state index in [-0.39, 0.29) is 16.9 Å². The summed E-state index contributed by atoms with van der Waals surface area (Å²) < 4.78 is 10.2. The third kappa shape index (κ3) is 5.01. The first-order valence-corrected chi connectivity index (χ1v) is 9.44. The van der Waals surface area contributed by atoms with Crippen molar-refractivity contribution in [3.05, 3.63) is 57.1 Å². The van der Waals surface area contributed by atoms with Gasteiger partial charge in [0, 0.05) is 11.0 Å². The SMILES string of the molecule is COc1cc(SC)ccc1C(=O)OCC(=O)Nc1cc(C)c(C)cc1[N+](=O)[O-]. The Kier molecular flexibility index (Phi) is 7.00. The van der Waals surface area contributed by atoms with Crippen LogP contribution in [-0.4, -0.2) is 36.8 Å². The number of rotatable bonds is 7. The molecule has 0 radical (unpaired) electrons. The highest BCUT2D eigenvalue weighted by atomic mass is 32.2. The van der Waals surface area contributed by atoms with E-state index in [0.717, 1.165) is 16.0 Å². The maximum Gasteiger partial charge on any atom is 0.342 e. The summed E-state index contributed by atoms with van der Waals surface area (Å²) in [6.07, 6.45) is 1.89. The number of carbonyl (C=O) groups is 2. The standard InChI is InChI=1S/C19H20N2O6S/c1-11-7-15(16(21(24)25)8-12(11)2)20-18(22)10-27-19(23)14-6-5-13(28-4)9-17(14)26-3/h5-9H,10H2,1-4H3,(H,20,22). The molecule has 0 spiro atoms. The summed E-state index contributed by atoms with van der Waals surface area (Å²) in [7, 11) is 1.43. The van der Waals surface area contributed by atoms with Gasteiger partial charge in [-0.3, -0.25) is 14.9 Å². The van der Waals surface area contributed by atoms with Gasteiger partial charge in [-0.25, -0.2) is 4.79 Å². The molecule has 0 fully saturated rings. The minimum atomic E-state index is -0.728. The van der Waals surface area contributed by atoms with Crippen LogP contribution in [-0.2, 0) is 9.53 Å². The fourth-order valence-electron chi connectivity index (χ4n) is 2.41. The molecule has 0 saturated carbocycles. The molecule has 0 bridgehead atoms. The lowest BCUT2D eigenvalue weighted by Crippen LogP contribution is -2.21. The summed E-state index contributed by atoms with van der Waals surface area (Å²) in [5.41, 5.74) is 1.53. The van der Waals surface area contributed by atoms with E-state index in [0.29, 0.717) is 5.75 Å². The van der Waals surface area contributed by atoms with Crippen LogP contribution in [0.3, 0.4) is 0 Å². The number of nitro groups is 1. The van der Waals surface area contributed by atoms with Gasteiger partial charge in [-0.05, 0) is 55.5 Å². The minimum absolute atomic E-state index is 0.0519. The van der Waals surface area contributed by atoms with Crippen molar-refractivity contribution in [1.82, 2.24) is 0 Å². The highest BCUT2D eigenvalue weighted by Gasteiger charge is 2.20. The number of hydrogen-bond acceptors (Lipinski definition) is 7. The quantitative estimate of drug-likeness (QED) is 0.324. The first-order valence-electron chi connectivity index (χ1n) is 8.21. The third-order valence-corrected chi connectivity index (χ3v) is 4.77. The van der Waals surface area contributed by atoms with E-state index in [1.54, 1.807) is 32.0 Å². The Labute approximate surface area is 166 Å². The number of anilines is 1. The van der Waals surface area contributed by atoms with E-state index in [1.807, 2.05) is 6.26 Å². The van der Waals surface area contributed by atoms with Gasteiger partial charge in [-0.1, -0.05) is 0 Å². The third-order valence-electron chi connectivity index (χ3n) is 4.05. The van der Waals surface area contributed by atoms with Crippen molar-refractivity contribution in [1.29, 1.82) is 0 Å². The van der Waals surface area contributed by atoms with Crippen molar-refractivity contribution in [3.63, 3.8) is 0 Å². The van der Waals surface area contributed by atoms with Gasteiger partial charge in [0.1, 0.15) is 17.0 Å². The van der Waals surface area contributed by atoms with Gasteiger partial charge in [0.05, 0.1) is 12.0 Å². The number of amides is 1. The zero-order valence-corrected chi connectivity index (χ0v) is 16.7. The number of aryl methyl sites for hydroxylation is 2. The van der Waals surface area contributed by atoms with Crippen LogP contribution in [0.5, 0.6) is 5.75 Å². The van der Waals surface area contributed by atoms with E-state index in [2.05, 4.69) is 5.32 Å². The predicted octanol–water partition coefficient (Wildman–Crippen LogP) is 3.74. The summed E-state index contributed by atoms with van der Waals surface area (Å²) in [5, 5.41) is 13.6. The smallest absolute Gasteiger partial charge is 0.342 e. The molecule has 1 amide bonds. The van der Waals surface area contributed by atoms with Crippen molar-refractivity contribution in [2.24, 2.45) is 0 Å². The molecule has 2 rings (SSSR count). The van der Waals surface area contributed by atoms with Crippen molar-refractivity contribution in [2.75, 3.05) is 25.3 Å². The van der Waals surface area contributed by atoms with Crippen molar-refractivity contribution < 1.29 is 24.0 Å². The van der Waals surface area contributed by atoms with Gasteiger partial charge in [0.25, 0.3) is 11.6 Å². The molecule has 0 aliphatic carbocycles. The molecule has 8 nitrogen and oxygen atoms in total. The van der Waals surface area contributed by atoms with Crippen molar-refractivity contribution in [3.8, 4) is 5.75 Å². The van der Waals surface area contributed by atoms with Gasteiger partial charge in [0.2, 0.25) is 0 Å². The average molecular weight is 404 g/mol. The number of esters is 1. The Hall–Kier alpha value is -3.07. The molecule has 0 atom stereocenters. The van der Waals surface area contributed by atoms with Gasteiger partial charge in [0.15, 0.2) is 6.61 Å². The van der Waals surface area contributed by atoms with Crippen LogP contribution < -0.4 is 10.1 Å². The number of nitro benzene ring substituents is 1. The van der Waals surface area contributed by atoms with Gasteiger partial charge in [-0.2, -0.15) is 0 Å². The molecule has 0 heterocycles. The molecule has 0 aromatic heterocycles.